The van der Waals surface area contributed by atoms with Crippen LogP contribution < -0.4 is 5.32 Å². The SMILES string of the molecule is Cc1cc(Nc2n[nH]c(=S)s2)cc(C)c1Br. The van der Waals surface area contributed by atoms with Gasteiger partial charge in [-0.05, 0) is 49.3 Å². The predicted octanol–water partition coefficient (Wildman–Crippen LogP) is 4.32. The summed E-state index contributed by atoms with van der Waals surface area (Å²) in [5.74, 6) is 0. The summed E-state index contributed by atoms with van der Waals surface area (Å²) >= 11 is 9.94. The summed E-state index contributed by atoms with van der Waals surface area (Å²) in [5.41, 5.74) is 3.42. The minimum Gasteiger partial charge on any atom is -0.330 e. The van der Waals surface area contributed by atoms with E-state index in [0.717, 1.165) is 15.3 Å². The third-order valence-corrected chi connectivity index (χ3v) is 4.38. The zero-order valence-corrected chi connectivity index (χ0v) is 12.0. The van der Waals surface area contributed by atoms with Gasteiger partial charge in [0.1, 0.15) is 0 Å². The second kappa shape index (κ2) is 4.65. The van der Waals surface area contributed by atoms with Crippen molar-refractivity contribution in [3.8, 4) is 0 Å². The first-order chi connectivity index (χ1) is 7.56. The highest BCUT2D eigenvalue weighted by Gasteiger charge is 2.04. The number of hydrogen-bond acceptors (Lipinski definition) is 4. The van der Waals surface area contributed by atoms with Gasteiger partial charge in [0.15, 0.2) is 3.95 Å². The summed E-state index contributed by atoms with van der Waals surface area (Å²) in [7, 11) is 0. The summed E-state index contributed by atoms with van der Waals surface area (Å²) in [4.78, 5) is 0. The monoisotopic (exact) mass is 315 g/mol. The van der Waals surface area contributed by atoms with Crippen LogP contribution in [-0.2, 0) is 0 Å². The van der Waals surface area contributed by atoms with E-state index in [9.17, 15) is 0 Å². The summed E-state index contributed by atoms with van der Waals surface area (Å²) in [6.45, 7) is 4.13. The van der Waals surface area contributed by atoms with Crippen molar-refractivity contribution in [3.63, 3.8) is 0 Å². The van der Waals surface area contributed by atoms with E-state index in [1.165, 1.54) is 22.5 Å². The smallest absolute Gasteiger partial charge is 0.208 e. The fourth-order valence-electron chi connectivity index (χ4n) is 1.42. The largest absolute Gasteiger partial charge is 0.330 e. The highest BCUT2D eigenvalue weighted by molar-refractivity contribution is 9.10. The first-order valence-electron chi connectivity index (χ1n) is 4.65. The number of aromatic nitrogens is 2. The molecule has 1 heterocycles. The normalized spacial score (nSPS) is 10.4. The molecule has 0 saturated heterocycles. The Kier molecular flexibility index (Phi) is 3.41. The molecule has 2 aromatic rings. The van der Waals surface area contributed by atoms with Crippen LogP contribution in [0.5, 0.6) is 0 Å². The summed E-state index contributed by atoms with van der Waals surface area (Å²) in [5, 5.41) is 10.8. The summed E-state index contributed by atoms with van der Waals surface area (Å²) in [6.07, 6.45) is 0. The molecular weight excluding hydrogens is 306 g/mol. The van der Waals surface area contributed by atoms with E-state index in [1.807, 2.05) is 0 Å². The molecule has 2 rings (SSSR count). The van der Waals surface area contributed by atoms with Crippen molar-refractivity contribution in [1.82, 2.24) is 10.2 Å². The lowest BCUT2D eigenvalue weighted by Gasteiger charge is -2.07. The molecule has 0 aliphatic heterocycles. The highest BCUT2D eigenvalue weighted by atomic mass is 79.9. The van der Waals surface area contributed by atoms with Crippen molar-refractivity contribution >= 4 is 50.3 Å². The lowest BCUT2D eigenvalue weighted by atomic mass is 10.1. The average Bonchev–Trinajstić information content (AvgIpc) is 2.60. The fraction of sp³-hybridized carbons (Fsp3) is 0.200. The summed E-state index contributed by atoms with van der Waals surface area (Å²) in [6, 6.07) is 4.14. The van der Waals surface area contributed by atoms with Crippen molar-refractivity contribution in [2.45, 2.75) is 13.8 Å². The standard InChI is InChI=1S/C10H10BrN3S2/c1-5-3-7(4-6(2)8(5)11)12-9-13-14-10(15)16-9/h3-4H,1-2H3,(H,12,13)(H,14,15). The fourth-order valence-corrected chi connectivity index (χ4v) is 2.46. The Bertz CT molecular complexity index is 550. The second-order valence-electron chi connectivity index (χ2n) is 3.47. The second-order valence-corrected chi connectivity index (χ2v) is 5.93. The molecule has 2 N–H and O–H groups in total. The van der Waals surface area contributed by atoms with Crippen molar-refractivity contribution in [2.24, 2.45) is 0 Å². The van der Waals surface area contributed by atoms with Gasteiger partial charge in [0.25, 0.3) is 0 Å². The molecule has 0 spiro atoms. The molecule has 0 aliphatic rings. The van der Waals surface area contributed by atoms with Crippen LogP contribution in [0.2, 0.25) is 0 Å². The number of aryl methyl sites for hydroxylation is 2. The average molecular weight is 316 g/mol. The van der Waals surface area contributed by atoms with E-state index >= 15 is 0 Å². The third kappa shape index (κ3) is 2.50. The molecule has 0 fully saturated rings. The maximum atomic E-state index is 4.97. The van der Waals surface area contributed by atoms with Crippen LogP contribution >= 0.6 is 39.5 Å². The van der Waals surface area contributed by atoms with Crippen LogP contribution in [0.3, 0.4) is 0 Å². The van der Waals surface area contributed by atoms with Crippen LogP contribution in [0.15, 0.2) is 16.6 Å². The molecule has 0 saturated carbocycles. The molecule has 16 heavy (non-hydrogen) atoms. The third-order valence-electron chi connectivity index (χ3n) is 2.13. The van der Waals surface area contributed by atoms with Crippen molar-refractivity contribution in [3.05, 3.63) is 31.7 Å². The van der Waals surface area contributed by atoms with Crippen molar-refractivity contribution in [1.29, 1.82) is 0 Å². The maximum Gasteiger partial charge on any atom is 0.208 e. The first-order valence-corrected chi connectivity index (χ1v) is 6.67. The van der Waals surface area contributed by atoms with Crippen LogP contribution in [0.25, 0.3) is 0 Å². The predicted molar refractivity (Wildman–Crippen MR) is 74.2 cm³/mol. The Hall–Kier alpha value is -0.720. The van der Waals surface area contributed by atoms with Crippen molar-refractivity contribution < 1.29 is 0 Å². The topological polar surface area (TPSA) is 40.7 Å². The molecule has 0 aliphatic carbocycles. The molecule has 6 heteroatoms. The Morgan fingerprint density at radius 3 is 2.50 bits per heavy atom. The summed E-state index contributed by atoms with van der Waals surface area (Å²) < 4.78 is 1.82. The number of H-pyrrole nitrogens is 1. The van der Waals surface area contributed by atoms with Gasteiger partial charge in [-0.1, -0.05) is 27.3 Å². The molecule has 0 radical (unpaired) electrons. The van der Waals surface area contributed by atoms with E-state index in [4.69, 9.17) is 12.2 Å². The van der Waals surface area contributed by atoms with Gasteiger partial charge in [-0.15, -0.1) is 5.10 Å². The van der Waals surface area contributed by atoms with Gasteiger partial charge in [0.2, 0.25) is 5.13 Å². The van der Waals surface area contributed by atoms with E-state index in [0.29, 0.717) is 3.95 Å². The highest BCUT2D eigenvalue weighted by Crippen LogP contribution is 2.27. The number of halogens is 1. The van der Waals surface area contributed by atoms with Crippen LogP contribution in [0.4, 0.5) is 10.8 Å². The van der Waals surface area contributed by atoms with Gasteiger partial charge in [-0.25, -0.2) is 0 Å². The number of anilines is 2. The van der Waals surface area contributed by atoms with E-state index in [1.54, 1.807) is 0 Å². The van der Waals surface area contributed by atoms with Crippen LogP contribution in [0.1, 0.15) is 11.1 Å². The lowest BCUT2D eigenvalue weighted by Crippen LogP contribution is -1.92. The van der Waals surface area contributed by atoms with Gasteiger partial charge < -0.3 is 5.32 Å². The number of rotatable bonds is 2. The Morgan fingerprint density at radius 1 is 1.38 bits per heavy atom. The van der Waals surface area contributed by atoms with Crippen LogP contribution in [-0.4, -0.2) is 10.2 Å². The molecular formula is C10H10BrN3S2. The van der Waals surface area contributed by atoms with Gasteiger partial charge in [0.05, 0.1) is 0 Å². The Balaban J connectivity index is 2.32. The molecule has 0 unspecified atom stereocenters. The van der Waals surface area contributed by atoms with E-state index in [-0.39, 0.29) is 0 Å². The van der Waals surface area contributed by atoms with Gasteiger partial charge in [0, 0.05) is 10.2 Å². The quantitative estimate of drug-likeness (QED) is 0.811. The maximum absolute atomic E-state index is 4.97. The minimum atomic E-state index is 0.674. The molecule has 0 bridgehead atoms. The zero-order valence-electron chi connectivity index (χ0n) is 8.80. The molecule has 3 nitrogen and oxygen atoms in total. The molecule has 0 atom stereocenters. The van der Waals surface area contributed by atoms with Gasteiger partial charge in [-0.3, -0.25) is 5.10 Å². The number of nitrogens with zero attached hydrogens (tertiary/aromatic N) is 1. The van der Waals surface area contributed by atoms with Crippen molar-refractivity contribution in [2.75, 3.05) is 5.32 Å². The van der Waals surface area contributed by atoms with E-state index in [2.05, 4.69) is 57.4 Å². The number of benzene rings is 1. The lowest BCUT2D eigenvalue weighted by molar-refractivity contribution is 1.08. The Morgan fingerprint density at radius 2 is 2.00 bits per heavy atom. The molecule has 84 valence electrons. The van der Waals surface area contributed by atoms with Crippen LogP contribution in [0, 0.1) is 17.8 Å². The first kappa shape index (κ1) is 11.8. The zero-order chi connectivity index (χ0) is 11.7. The molecule has 0 amide bonds. The van der Waals surface area contributed by atoms with E-state index < -0.39 is 0 Å². The number of nitrogens with one attached hydrogen (secondary N) is 2. The van der Waals surface area contributed by atoms with Gasteiger partial charge in [-0.2, -0.15) is 0 Å². The molecule has 1 aromatic carbocycles. The van der Waals surface area contributed by atoms with Gasteiger partial charge >= 0.3 is 0 Å². The number of hydrogen-bond donors (Lipinski definition) is 2. The number of aromatic amines is 1. The molecule has 1 aromatic heterocycles. The minimum absolute atomic E-state index is 0.674. The Labute approximate surface area is 111 Å².